The fraction of sp³-hybridized carbons (Fsp3) is 0.235. The molecule has 0 atom stereocenters. The van der Waals surface area contributed by atoms with Crippen LogP contribution in [0.3, 0.4) is 0 Å². The molecular formula is C34H35N3O5. The van der Waals surface area contributed by atoms with Crippen molar-refractivity contribution in [2.45, 2.75) is 19.8 Å². The van der Waals surface area contributed by atoms with Gasteiger partial charge in [-0.25, -0.2) is 4.79 Å². The highest BCUT2D eigenvalue weighted by Crippen LogP contribution is 2.37. The number of hydrogen-bond donors (Lipinski definition) is 3. The second-order valence-electron chi connectivity index (χ2n) is 10.5. The van der Waals surface area contributed by atoms with E-state index >= 15 is 0 Å². The van der Waals surface area contributed by atoms with Crippen molar-refractivity contribution in [2.75, 3.05) is 33.8 Å². The molecule has 0 saturated carbocycles. The number of carboxylic acid groups (broad SMARTS) is 1. The summed E-state index contributed by atoms with van der Waals surface area (Å²) in [5.41, 5.74) is 4.83. The monoisotopic (exact) mass is 565 g/mol. The molecule has 0 aliphatic rings. The van der Waals surface area contributed by atoms with E-state index < -0.39 is 6.16 Å². The second-order valence-corrected chi connectivity index (χ2v) is 10.5. The van der Waals surface area contributed by atoms with E-state index in [1.54, 1.807) is 0 Å². The van der Waals surface area contributed by atoms with Gasteiger partial charge in [-0.2, -0.15) is 0 Å². The van der Waals surface area contributed by atoms with Crippen LogP contribution in [0.1, 0.15) is 27.9 Å². The Bertz CT molecular complexity index is 1740. The van der Waals surface area contributed by atoms with Gasteiger partial charge in [0.1, 0.15) is 5.75 Å². The summed E-state index contributed by atoms with van der Waals surface area (Å²) in [5.74, 6) is 0.876. The van der Waals surface area contributed by atoms with E-state index in [2.05, 4.69) is 22.4 Å². The minimum absolute atomic E-state index is 0.140. The maximum atomic E-state index is 12.9. The van der Waals surface area contributed by atoms with Crippen molar-refractivity contribution in [2.24, 2.45) is 0 Å². The molecule has 1 amide bonds. The number of amides is 1. The van der Waals surface area contributed by atoms with Crippen LogP contribution in [0.5, 0.6) is 11.6 Å². The number of fused-ring (bicyclic) bond motifs is 2. The van der Waals surface area contributed by atoms with Gasteiger partial charge in [0.25, 0.3) is 5.91 Å². The predicted octanol–water partition coefficient (Wildman–Crippen LogP) is 6.66. The Hall–Kier alpha value is -4.82. The summed E-state index contributed by atoms with van der Waals surface area (Å²) in [6, 6.07) is 25.5. The maximum Gasteiger partial charge on any atom is 0.512 e. The van der Waals surface area contributed by atoms with E-state index in [9.17, 15) is 14.7 Å². The van der Waals surface area contributed by atoms with Crippen LogP contribution in [0.4, 0.5) is 4.79 Å². The summed E-state index contributed by atoms with van der Waals surface area (Å²) in [4.78, 5) is 29.7. The Morgan fingerprint density at radius 2 is 1.69 bits per heavy atom. The molecule has 4 aromatic carbocycles. The number of rotatable bonds is 11. The van der Waals surface area contributed by atoms with Crippen LogP contribution in [0.15, 0.2) is 78.9 Å². The molecule has 0 unspecified atom stereocenters. The lowest BCUT2D eigenvalue weighted by Crippen LogP contribution is -2.31. The molecule has 8 heteroatoms. The van der Waals surface area contributed by atoms with Gasteiger partial charge in [0.2, 0.25) is 5.88 Å². The zero-order valence-electron chi connectivity index (χ0n) is 24.1. The minimum atomic E-state index is -1.39. The molecule has 8 nitrogen and oxygen atoms in total. The summed E-state index contributed by atoms with van der Waals surface area (Å²) in [5, 5.41) is 15.5. The number of aromatic amines is 1. The maximum absolute atomic E-state index is 12.9. The van der Waals surface area contributed by atoms with Gasteiger partial charge in [0, 0.05) is 40.6 Å². The van der Waals surface area contributed by atoms with Crippen LogP contribution >= 0.6 is 0 Å². The first-order chi connectivity index (χ1) is 20.3. The number of aromatic nitrogens is 1. The molecule has 5 rings (SSSR count). The highest BCUT2D eigenvalue weighted by Gasteiger charge is 2.19. The van der Waals surface area contributed by atoms with Gasteiger partial charge in [-0.1, -0.05) is 60.7 Å². The van der Waals surface area contributed by atoms with Crippen LogP contribution in [-0.2, 0) is 6.42 Å². The quantitative estimate of drug-likeness (QED) is 0.122. The Kier molecular flexibility index (Phi) is 8.74. The third kappa shape index (κ3) is 6.39. The predicted molar refractivity (Wildman–Crippen MR) is 166 cm³/mol. The van der Waals surface area contributed by atoms with E-state index in [-0.39, 0.29) is 11.8 Å². The molecular weight excluding hydrogens is 530 g/mol. The fourth-order valence-corrected chi connectivity index (χ4v) is 5.20. The molecule has 0 spiro atoms. The number of aryl methyl sites for hydroxylation is 2. The molecule has 0 fully saturated rings. The highest BCUT2D eigenvalue weighted by molar-refractivity contribution is 6.01. The molecule has 5 aromatic rings. The molecule has 1 heterocycles. The van der Waals surface area contributed by atoms with Crippen LogP contribution in [0.25, 0.3) is 32.8 Å². The van der Waals surface area contributed by atoms with Crippen molar-refractivity contribution >= 4 is 33.7 Å². The smallest absolute Gasteiger partial charge is 0.493 e. The van der Waals surface area contributed by atoms with Gasteiger partial charge in [-0.3, -0.25) is 4.79 Å². The lowest BCUT2D eigenvalue weighted by molar-refractivity contribution is 0.0951. The normalized spacial score (nSPS) is 11.2. The van der Waals surface area contributed by atoms with Gasteiger partial charge in [0.05, 0.1) is 12.1 Å². The largest absolute Gasteiger partial charge is 0.512 e. The molecule has 3 N–H and O–H groups in total. The zero-order valence-corrected chi connectivity index (χ0v) is 24.1. The van der Waals surface area contributed by atoms with E-state index in [4.69, 9.17) is 9.47 Å². The van der Waals surface area contributed by atoms with Crippen molar-refractivity contribution in [3.05, 3.63) is 95.6 Å². The number of hydrogen-bond acceptors (Lipinski definition) is 5. The average molecular weight is 566 g/mol. The van der Waals surface area contributed by atoms with Crippen LogP contribution in [0.2, 0.25) is 0 Å². The second kappa shape index (κ2) is 12.8. The Balaban J connectivity index is 1.41. The van der Waals surface area contributed by atoms with E-state index in [0.29, 0.717) is 31.6 Å². The summed E-state index contributed by atoms with van der Waals surface area (Å²) < 4.78 is 11.3. The summed E-state index contributed by atoms with van der Waals surface area (Å²) in [6.07, 6.45) is -0.189. The van der Waals surface area contributed by atoms with E-state index in [1.807, 2.05) is 92.6 Å². The molecule has 42 heavy (non-hydrogen) atoms. The number of H-pyrrole nitrogens is 1. The summed E-state index contributed by atoms with van der Waals surface area (Å²) >= 11 is 0. The van der Waals surface area contributed by atoms with Crippen LogP contribution in [-0.4, -0.2) is 60.8 Å². The van der Waals surface area contributed by atoms with Crippen molar-refractivity contribution in [1.29, 1.82) is 0 Å². The topological polar surface area (TPSA) is 104 Å². The van der Waals surface area contributed by atoms with E-state index in [1.165, 1.54) is 0 Å². The van der Waals surface area contributed by atoms with Crippen molar-refractivity contribution < 1.29 is 24.2 Å². The third-order valence-electron chi connectivity index (χ3n) is 7.30. The summed E-state index contributed by atoms with van der Waals surface area (Å²) in [6.45, 7) is 3.74. The van der Waals surface area contributed by atoms with Crippen molar-refractivity contribution in [3.63, 3.8) is 0 Å². The van der Waals surface area contributed by atoms with Gasteiger partial charge in [0.15, 0.2) is 0 Å². The standard InChI is InChI=1S/C34H35N3O5/c1-22-16-17-24(32(38)35-18-19-37(2)3)21-29(22)27-13-7-12-26-28(33(36-31(26)27)42-34(39)40)14-8-20-41-30-15-6-10-23-9-4-5-11-25(23)30/h4-7,9-13,15-17,21,36H,8,14,18-20H2,1-3H3,(H,35,38)(H,39,40). The number of benzene rings is 4. The lowest BCUT2D eigenvalue weighted by Gasteiger charge is -2.13. The first-order valence-corrected chi connectivity index (χ1v) is 14.0. The lowest BCUT2D eigenvalue weighted by atomic mass is 9.95. The molecule has 0 aliphatic heterocycles. The zero-order chi connectivity index (χ0) is 29.6. The number of likely N-dealkylation sites (N-methyl/N-ethyl adjacent to an activating group) is 1. The Morgan fingerprint density at radius 3 is 2.50 bits per heavy atom. The van der Waals surface area contributed by atoms with Gasteiger partial charge in [-0.05, 0) is 68.6 Å². The molecule has 0 bridgehead atoms. The number of carbonyl (C=O) groups excluding carboxylic acids is 1. The Morgan fingerprint density at radius 1 is 0.929 bits per heavy atom. The van der Waals surface area contributed by atoms with Crippen molar-refractivity contribution in [3.8, 4) is 22.8 Å². The average Bonchev–Trinajstić information content (AvgIpc) is 3.31. The van der Waals surface area contributed by atoms with Crippen LogP contribution < -0.4 is 14.8 Å². The first kappa shape index (κ1) is 28.7. The fourth-order valence-electron chi connectivity index (χ4n) is 5.20. The number of ether oxygens (including phenoxy) is 2. The number of carbonyl (C=O) groups is 2. The molecule has 1 aromatic heterocycles. The van der Waals surface area contributed by atoms with Crippen molar-refractivity contribution in [1.82, 2.24) is 15.2 Å². The van der Waals surface area contributed by atoms with Gasteiger partial charge < -0.3 is 29.8 Å². The first-order valence-electron chi connectivity index (χ1n) is 14.0. The number of nitrogens with zero attached hydrogens (tertiary/aromatic N) is 1. The molecule has 216 valence electrons. The van der Waals surface area contributed by atoms with Gasteiger partial charge >= 0.3 is 6.16 Å². The molecule has 0 aliphatic carbocycles. The number of nitrogens with one attached hydrogen (secondary N) is 2. The SMILES string of the molecule is Cc1ccc(C(=O)NCCN(C)C)cc1-c1cccc2c(CCCOc3cccc4ccccc34)c(OC(=O)O)[nH]c12. The highest BCUT2D eigenvalue weighted by atomic mass is 16.7. The number of para-hydroxylation sites is 1. The Labute approximate surface area is 244 Å². The van der Waals surface area contributed by atoms with Gasteiger partial charge in [-0.15, -0.1) is 0 Å². The summed E-state index contributed by atoms with van der Waals surface area (Å²) in [7, 11) is 3.92. The van der Waals surface area contributed by atoms with Crippen LogP contribution in [0, 0.1) is 6.92 Å². The van der Waals surface area contributed by atoms with E-state index in [0.717, 1.165) is 56.2 Å². The molecule has 0 saturated heterocycles. The third-order valence-corrected chi connectivity index (χ3v) is 7.30. The molecule has 0 radical (unpaired) electrons. The minimum Gasteiger partial charge on any atom is -0.493 e.